The van der Waals surface area contributed by atoms with Gasteiger partial charge in [0.2, 0.25) is 0 Å². The second-order valence-electron chi connectivity index (χ2n) is 4.36. The Morgan fingerprint density at radius 3 is 2.67 bits per heavy atom. The molecule has 1 saturated carbocycles. The Bertz CT molecular complexity index is 211. The van der Waals surface area contributed by atoms with Crippen LogP contribution in [0.4, 0.5) is 0 Å². The molecule has 0 radical (unpaired) electrons. The van der Waals surface area contributed by atoms with Crippen molar-refractivity contribution in [1.29, 1.82) is 0 Å². The quantitative estimate of drug-likeness (QED) is 0.604. The van der Waals surface area contributed by atoms with E-state index in [2.05, 4.69) is 36.3 Å². The number of allylic oxidation sites excluding steroid dienone is 2. The predicted octanol–water partition coefficient (Wildman–Crippen LogP) is 2.56. The summed E-state index contributed by atoms with van der Waals surface area (Å²) >= 11 is 0. The third-order valence-corrected chi connectivity index (χ3v) is 3.03. The summed E-state index contributed by atoms with van der Waals surface area (Å²) < 4.78 is 0. The van der Waals surface area contributed by atoms with Crippen LogP contribution in [0.3, 0.4) is 0 Å². The van der Waals surface area contributed by atoms with Gasteiger partial charge in [0.25, 0.3) is 0 Å². The predicted molar refractivity (Wildman–Crippen MR) is 51.8 cm³/mol. The average molecular weight is 163 g/mol. The lowest BCUT2D eigenvalue weighted by atomic mass is 9.70. The molecule has 0 aromatic carbocycles. The largest absolute Gasteiger partial charge is 0.373 e. The van der Waals surface area contributed by atoms with Crippen LogP contribution >= 0.6 is 0 Å². The summed E-state index contributed by atoms with van der Waals surface area (Å²) in [7, 11) is 0. The molecule has 0 aromatic rings. The minimum atomic E-state index is 0.621. The molecule has 0 unspecified atom stereocenters. The van der Waals surface area contributed by atoms with Crippen LogP contribution in [0.15, 0.2) is 24.4 Å². The molecule has 0 saturated heterocycles. The summed E-state index contributed by atoms with van der Waals surface area (Å²) in [5.41, 5.74) is 0.621. The second-order valence-corrected chi connectivity index (χ2v) is 4.36. The highest BCUT2D eigenvalue weighted by atomic mass is 15.1. The third kappa shape index (κ3) is 1.55. The van der Waals surface area contributed by atoms with Crippen LogP contribution in [0.25, 0.3) is 0 Å². The van der Waals surface area contributed by atoms with E-state index in [1.165, 1.54) is 25.8 Å². The van der Waals surface area contributed by atoms with Crippen molar-refractivity contribution in [1.82, 2.24) is 4.90 Å². The van der Waals surface area contributed by atoms with Gasteiger partial charge in [0.05, 0.1) is 0 Å². The molecule has 0 atom stereocenters. The first kappa shape index (κ1) is 7.90. The van der Waals surface area contributed by atoms with Gasteiger partial charge in [-0.1, -0.05) is 25.5 Å². The fourth-order valence-electron chi connectivity index (χ4n) is 2.05. The molecule has 1 heteroatoms. The maximum Gasteiger partial charge on any atom is 0.0357 e. The maximum atomic E-state index is 2.42. The van der Waals surface area contributed by atoms with Crippen molar-refractivity contribution in [3.05, 3.63) is 24.4 Å². The zero-order valence-electron chi connectivity index (χ0n) is 7.79. The van der Waals surface area contributed by atoms with E-state index >= 15 is 0 Å². The molecule has 0 spiro atoms. The van der Waals surface area contributed by atoms with E-state index in [0.717, 1.165) is 6.54 Å². The molecule has 2 rings (SSSR count). The molecule has 1 fully saturated rings. The van der Waals surface area contributed by atoms with Gasteiger partial charge in [0, 0.05) is 13.1 Å². The fourth-order valence-corrected chi connectivity index (χ4v) is 2.05. The van der Waals surface area contributed by atoms with Crippen LogP contribution in [-0.4, -0.2) is 18.0 Å². The van der Waals surface area contributed by atoms with E-state index in [9.17, 15) is 0 Å². The lowest BCUT2D eigenvalue weighted by Gasteiger charge is -2.42. The molecule has 1 aliphatic carbocycles. The number of hydrogen-bond acceptors (Lipinski definition) is 1. The molecule has 1 aliphatic heterocycles. The molecule has 0 N–H and O–H groups in total. The molecule has 0 bridgehead atoms. The van der Waals surface area contributed by atoms with Crippen LogP contribution in [0.1, 0.15) is 26.2 Å². The van der Waals surface area contributed by atoms with Crippen molar-refractivity contribution in [2.24, 2.45) is 5.41 Å². The third-order valence-electron chi connectivity index (χ3n) is 3.03. The zero-order valence-corrected chi connectivity index (χ0v) is 7.79. The molecule has 0 amide bonds. The van der Waals surface area contributed by atoms with Gasteiger partial charge in [-0.15, -0.1) is 0 Å². The number of rotatable bonds is 2. The highest BCUT2D eigenvalue weighted by molar-refractivity contribution is 5.09. The van der Waals surface area contributed by atoms with Crippen LogP contribution in [0.5, 0.6) is 0 Å². The van der Waals surface area contributed by atoms with Gasteiger partial charge in [0.15, 0.2) is 0 Å². The van der Waals surface area contributed by atoms with Gasteiger partial charge in [-0.05, 0) is 30.5 Å². The Balaban J connectivity index is 1.86. The van der Waals surface area contributed by atoms with Gasteiger partial charge in [-0.25, -0.2) is 0 Å². The first-order valence-corrected chi connectivity index (χ1v) is 4.86. The van der Waals surface area contributed by atoms with Gasteiger partial charge in [-0.2, -0.15) is 0 Å². The molecular weight excluding hydrogens is 146 g/mol. The number of hydrogen-bond donors (Lipinski definition) is 0. The standard InChI is InChI=1S/C11H17N/c1-11(6-5-7-11)10-12-8-3-2-4-9-12/h2-4,8H,5-7,9-10H2,1H3. The first-order chi connectivity index (χ1) is 5.79. The topological polar surface area (TPSA) is 3.24 Å². The van der Waals surface area contributed by atoms with Crippen molar-refractivity contribution in [2.45, 2.75) is 26.2 Å². The van der Waals surface area contributed by atoms with Gasteiger partial charge in [0.1, 0.15) is 0 Å². The Hall–Kier alpha value is -0.720. The Kier molecular flexibility index (Phi) is 1.95. The second kappa shape index (κ2) is 2.96. The zero-order chi connectivity index (χ0) is 8.44. The van der Waals surface area contributed by atoms with Crippen molar-refractivity contribution in [2.75, 3.05) is 13.1 Å². The fraction of sp³-hybridized carbons (Fsp3) is 0.636. The van der Waals surface area contributed by atoms with Crippen LogP contribution < -0.4 is 0 Å². The SMILES string of the molecule is CC1(CN2C=CC=CC2)CCC1. The Labute approximate surface area is 74.8 Å². The van der Waals surface area contributed by atoms with E-state index < -0.39 is 0 Å². The van der Waals surface area contributed by atoms with E-state index in [4.69, 9.17) is 0 Å². The molecular formula is C11H17N. The Morgan fingerprint density at radius 2 is 2.17 bits per heavy atom. The lowest BCUT2D eigenvalue weighted by Crippen LogP contribution is -2.38. The maximum absolute atomic E-state index is 2.42. The number of nitrogens with zero attached hydrogens (tertiary/aromatic N) is 1. The van der Waals surface area contributed by atoms with E-state index in [1.54, 1.807) is 0 Å². The van der Waals surface area contributed by atoms with Crippen molar-refractivity contribution >= 4 is 0 Å². The summed E-state index contributed by atoms with van der Waals surface area (Å²) in [6.45, 7) is 4.75. The summed E-state index contributed by atoms with van der Waals surface area (Å²) in [4.78, 5) is 2.42. The van der Waals surface area contributed by atoms with Gasteiger partial charge >= 0.3 is 0 Å². The smallest absolute Gasteiger partial charge is 0.0357 e. The Morgan fingerprint density at radius 1 is 1.33 bits per heavy atom. The highest BCUT2D eigenvalue weighted by Gasteiger charge is 2.32. The first-order valence-electron chi connectivity index (χ1n) is 4.86. The normalized spacial score (nSPS) is 25.6. The lowest BCUT2D eigenvalue weighted by molar-refractivity contribution is 0.114. The molecule has 1 heterocycles. The van der Waals surface area contributed by atoms with E-state index in [1.807, 2.05) is 0 Å². The van der Waals surface area contributed by atoms with Crippen molar-refractivity contribution < 1.29 is 0 Å². The highest BCUT2D eigenvalue weighted by Crippen LogP contribution is 2.40. The average Bonchev–Trinajstić information content (AvgIpc) is 2.04. The van der Waals surface area contributed by atoms with E-state index in [0.29, 0.717) is 5.41 Å². The molecule has 1 nitrogen and oxygen atoms in total. The van der Waals surface area contributed by atoms with Crippen LogP contribution in [0.2, 0.25) is 0 Å². The van der Waals surface area contributed by atoms with Crippen molar-refractivity contribution in [3.63, 3.8) is 0 Å². The molecule has 66 valence electrons. The summed E-state index contributed by atoms with van der Waals surface area (Å²) in [5.74, 6) is 0. The minimum Gasteiger partial charge on any atom is -0.373 e. The molecule has 12 heavy (non-hydrogen) atoms. The monoisotopic (exact) mass is 163 g/mol. The van der Waals surface area contributed by atoms with Crippen LogP contribution in [-0.2, 0) is 0 Å². The summed E-state index contributed by atoms with van der Waals surface area (Å²) in [5, 5.41) is 0. The van der Waals surface area contributed by atoms with Gasteiger partial charge in [-0.3, -0.25) is 0 Å². The van der Waals surface area contributed by atoms with Crippen LogP contribution in [0, 0.1) is 5.41 Å². The van der Waals surface area contributed by atoms with E-state index in [-0.39, 0.29) is 0 Å². The van der Waals surface area contributed by atoms with Crippen molar-refractivity contribution in [3.8, 4) is 0 Å². The summed E-state index contributed by atoms with van der Waals surface area (Å²) in [6.07, 6.45) is 13.0. The molecule has 2 aliphatic rings. The summed E-state index contributed by atoms with van der Waals surface area (Å²) in [6, 6.07) is 0. The molecule has 0 aromatic heterocycles. The minimum absolute atomic E-state index is 0.621. The van der Waals surface area contributed by atoms with Gasteiger partial charge < -0.3 is 4.90 Å².